The van der Waals surface area contributed by atoms with Gasteiger partial charge >= 0.3 is 0 Å². The first-order valence-electron chi connectivity index (χ1n) is 11.6. The van der Waals surface area contributed by atoms with Gasteiger partial charge in [0, 0.05) is 40.0 Å². The minimum Gasteiger partial charge on any atom is -0.506 e. The number of anilines is 1. The summed E-state index contributed by atoms with van der Waals surface area (Å²) in [5, 5.41) is 25.0. The number of phenolic OH excluding ortho intramolecular Hbond substituents is 1. The van der Waals surface area contributed by atoms with Crippen molar-refractivity contribution in [1.29, 1.82) is 0 Å². The Morgan fingerprint density at radius 1 is 0.923 bits per heavy atom. The standard InChI is InChI=1S/C29H19Cl2F2N3O3/c30-18-8-17(26(37)22(31)11-18)14-34-21-6-7-23-24(13-21)36-29(35-23)25(27(38)15-4-2-1-3-5-15)28(39)16-9-19(32)12-20(33)10-16/h1-13,34,37,39H,14H2,(H,35,36)/b28-25-. The van der Waals surface area contributed by atoms with Gasteiger partial charge in [-0.3, -0.25) is 4.79 Å². The monoisotopic (exact) mass is 565 g/mol. The van der Waals surface area contributed by atoms with Crippen molar-refractivity contribution in [2.75, 3.05) is 5.32 Å². The molecule has 0 atom stereocenters. The molecule has 0 saturated heterocycles. The highest BCUT2D eigenvalue weighted by molar-refractivity contribution is 6.35. The number of aromatic amines is 1. The van der Waals surface area contributed by atoms with Crippen LogP contribution in [0.4, 0.5) is 14.5 Å². The summed E-state index contributed by atoms with van der Waals surface area (Å²) in [4.78, 5) is 21.0. The highest BCUT2D eigenvalue weighted by Gasteiger charge is 2.24. The summed E-state index contributed by atoms with van der Waals surface area (Å²) in [5.74, 6) is -3.11. The number of aromatic nitrogens is 2. The highest BCUT2D eigenvalue weighted by Crippen LogP contribution is 2.33. The first-order chi connectivity index (χ1) is 18.7. The summed E-state index contributed by atoms with van der Waals surface area (Å²) in [7, 11) is 0. The van der Waals surface area contributed by atoms with E-state index in [0.29, 0.717) is 33.4 Å². The fourth-order valence-corrected chi connectivity index (χ4v) is 4.62. The summed E-state index contributed by atoms with van der Waals surface area (Å²) in [6.45, 7) is 0.210. The topological polar surface area (TPSA) is 98.2 Å². The van der Waals surface area contributed by atoms with Crippen LogP contribution in [-0.2, 0) is 6.54 Å². The summed E-state index contributed by atoms with van der Waals surface area (Å²) in [5.41, 5.74) is 1.90. The van der Waals surface area contributed by atoms with Gasteiger partial charge in [0.1, 0.15) is 34.5 Å². The molecule has 0 bridgehead atoms. The van der Waals surface area contributed by atoms with Crippen LogP contribution in [0.3, 0.4) is 0 Å². The van der Waals surface area contributed by atoms with Crippen molar-refractivity contribution in [2.45, 2.75) is 6.54 Å². The number of nitrogens with one attached hydrogen (secondary N) is 2. The molecule has 0 saturated carbocycles. The molecule has 1 aromatic heterocycles. The fraction of sp³-hybridized carbons (Fsp3) is 0.0345. The van der Waals surface area contributed by atoms with Crippen LogP contribution >= 0.6 is 23.2 Å². The summed E-state index contributed by atoms with van der Waals surface area (Å²) in [6.07, 6.45) is 0. The SMILES string of the molecule is O=C(/C(=C(/O)c1cc(F)cc(F)c1)c1nc2ccc(NCc3cc(Cl)cc(Cl)c3O)cc2[nH]1)c1ccccc1. The first-order valence-corrected chi connectivity index (χ1v) is 12.4. The van der Waals surface area contributed by atoms with Crippen molar-refractivity contribution < 1.29 is 23.8 Å². The Bertz CT molecular complexity index is 1730. The molecule has 4 N–H and O–H groups in total. The lowest BCUT2D eigenvalue weighted by atomic mass is 9.98. The molecule has 5 rings (SSSR count). The Balaban J connectivity index is 1.55. The number of H-pyrrole nitrogens is 1. The largest absolute Gasteiger partial charge is 0.506 e. The van der Waals surface area contributed by atoms with Crippen LogP contribution in [0.15, 0.2) is 78.9 Å². The molecule has 4 aromatic carbocycles. The van der Waals surface area contributed by atoms with Crippen LogP contribution in [-0.4, -0.2) is 26.0 Å². The summed E-state index contributed by atoms with van der Waals surface area (Å²) in [6, 6.07) is 18.9. The second kappa shape index (κ2) is 10.8. The number of ketones is 1. The Hall–Kier alpha value is -4.40. The highest BCUT2D eigenvalue weighted by atomic mass is 35.5. The molecule has 0 aliphatic carbocycles. The molecular formula is C29H19Cl2F2N3O3. The number of phenols is 1. The van der Waals surface area contributed by atoms with E-state index in [1.54, 1.807) is 54.6 Å². The molecule has 0 fully saturated rings. The molecule has 39 heavy (non-hydrogen) atoms. The molecule has 0 amide bonds. The van der Waals surface area contributed by atoms with E-state index in [4.69, 9.17) is 23.2 Å². The second-order valence-corrected chi connectivity index (χ2v) is 9.49. The van der Waals surface area contributed by atoms with Crippen LogP contribution in [0.2, 0.25) is 10.0 Å². The lowest BCUT2D eigenvalue weighted by Gasteiger charge is -2.10. The van der Waals surface area contributed by atoms with Gasteiger partial charge in [-0.1, -0.05) is 53.5 Å². The molecule has 5 aromatic rings. The summed E-state index contributed by atoms with van der Waals surface area (Å²) < 4.78 is 27.9. The number of halogens is 4. The number of hydrogen-bond acceptors (Lipinski definition) is 5. The van der Waals surface area contributed by atoms with E-state index in [2.05, 4.69) is 15.3 Å². The number of fused-ring (bicyclic) bond motifs is 1. The van der Waals surface area contributed by atoms with Crippen LogP contribution < -0.4 is 5.32 Å². The number of imidazole rings is 1. The van der Waals surface area contributed by atoms with Gasteiger partial charge in [-0.15, -0.1) is 0 Å². The van der Waals surface area contributed by atoms with Crippen molar-refractivity contribution in [3.8, 4) is 5.75 Å². The Morgan fingerprint density at radius 2 is 1.64 bits per heavy atom. The average molecular weight is 566 g/mol. The van der Waals surface area contributed by atoms with Crippen molar-refractivity contribution >= 4 is 57.0 Å². The van der Waals surface area contributed by atoms with E-state index >= 15 is 0 Å². The van der Waals surface area contributed by atoms with Gasteiger partial charge in [0.25, 0.3) is 0 Å². The first kappa shape index (κ1) is 26.2. The van der Waals surface area contributed by atoms with E-state index in [1.165, 1.54) is 6.07 Å². The predicted molar refractivity (Wildman–Crippen MR) is 148 cm³/mol. The number of nitrogens with zero attached hydrogens (tertiary/aromatic N) is 1. The molecule has 0 spiro atoms. The van der Waals surface area contributed by atoms with E-state index in [9.17, 15) is 23.8 Å². The molecule has 6 nitrogen and oxygen atoms in total. The quantitative estimate of drug-likeness (QED) is 0.0917. The molecule has 196 valence electrons. The molecule has 0 aliphatic heterocycles. The molecule has 0 radical (unpaired) electrons. The van der Waals surface area contributed by atoms with Crippen LogP contribution in [0.5, 0.6) is 5.75 Å². The van der Waals surface area contributed by atoms with Gasteiger partial charge in [-0.25, -0.2) is 13.8 Å². The van der Waals surface area contributed by atoms with Crippen LogP contribution in [0.1, 0.15) is 27.3 Å². The van der Waals surface area contributed by atoms with Gasteiger partial charge < -0.3 is 20.5 Å². The maximum absolute atomic E-state index is 13.9. The van der Waals surface area contributed by atoms with Gasteiger partial charge in [-0.05, 0) is 42.5 Å². The number of aromatic hydroxyl groups is 1. The van der Waals surface area contributed by atoms with Crippen LogP contribution in [0, 0.1) is 11.6 Å². The van der Waals surface area contributed by atoms with E-state index < -0.39 is 23.2 Å². The smallest absolute Gasteiger partial charge is 0.200 e. The number of allylic oxidation sites excluding steroid dienone is 1. The lowest BCUT2D eigenvalue weighted by Crippen LogP contribution is -2.07. The van der Waals surface area contributed by atoms with Gasteiger partial charge in [0.05, 0.1) is 16.1 Å². The third-order valence-corrected chi connectivity index (χ3v) is 6.45. The minimum atomic E-state index is -0.907. The van der Waals surface area contributed by atoms with E-state index in [0.717, 1.165) is 12.1 Å². The third-order valence-electron chi connectivity index (χ3n) is 5.94. The van der Waals surface area contributed by atoms with Crippen molar-refractivity contribution in [3.05, 3.63) is 123 Å². The third kappa shape index (κ3) is 5.57. The van der Waals surface area contributed by atoms with Gasteiger partial charge in [0.15, 0.2) is 0 Å². The fourth-order valence-electron chi connectivity index (χ4n) is 4.09. The number of Topliss-reactive ketones (excluding diaryl/α,β-unsaturated/α-hetero) is 1. The summed E-state index contributed by atoms with van der Waals surface area (Å²) >= 11 is 12.0. The number of carbonyl (C=O) groups excluding carboxylic acids is 1. The lowest BCUT2D eigenvalue weighted by molar-refractivity contribution is 0.105. The zero-order valence-electron chi connectivity index (χ0n) is 20.0. The van der Waals surface area contributed by atoms with E-state index in [-0.39, 0.29) is 39.8 Å². The van der Waals surface area contributed by atoms with Gasteiger partial charge in [0.2, 0.25) is 5.78 Å². The Kier molecular flexibility index (Phi) is 7.24. The second-order valence-electron chi connectivity index (χ2n) is 8.64. The minimum absolute atomic E-state index is 0.0115. The van der Waals surface area contributed by atoms with Gasteiger partial charge in [-0.2, -0.15) is 0 Å². The zero-order chi connectivity index (χ0) is 27.7. The molecular weight excluding hydrogens is 547 g/mol. The molecule has 0 unspecified atom stereocenters. The predicted octanol–water partition coefficient (Wildman–Crippen LogP) is 7.77. The molecule has 0 aliphatic rings. The van der Waals surface area contributed by atoms with Crippen molar-refractivity contribution in [3.63, 3.8) is 0 Å². The number of hydrogen-bond donors (Lipinski definition) is 4. The normalized spacial score (nSPS) is 11.9. The maximum atomic E-state index is 13.9. The number of aliphatic hydroxyl groups excluding tert-OH is 1. The maximum Gasteiger partial charge on any atom is 0.200 e. The number of benzene rings is 4. The van der Waals surface area contributed by atoms with Crippen molar-refractivity contribution in [2.24, 2.45) is 0 Å². The number of rotatable bonds is 7. The Morgan fingerprint density at radius 3 is 2.36 bits per heavy atom. The number of carbonyl (C=O) groups is 1. The Labute approximate surface area is 231 Å². The number of aliphatic hydroxyl groups is 1. The van der Waals surface area contributed by atoms with E-state index in [1.807, 2.05) is 0 Å². The molecule has 1 heterocycles. The van der Waals surface area contributed by atoms with Crippen molar-refractivity contribution in [1.82, 2.24) is 9.97 Å². The average Bonchev–Trinajstić information content (AvgIpc) is 3.32. The van der Waals surface area contributed by atoms with Crippen LogP contribution in [0.25, 0.3) is 22.4 Å². The molecule has 10 heteroatoms. The zero-order valence-corrected chi connectivity index (χ0v) is 21.5.